The smallest absolute Gasteiger partial charge is 0.270 e. The second-order valence-corrected chi connectivity index (χ2v) is 7.23. The zero-order valence-corrected chi connectivity index (χ0v) is 16.5. The normalized spacial score (nSPS) is 13.7. The number of pyridine rings is 1. The van der Waals surface area contributed by atoms with E-state index >= 15 is 0 Å². The highest BCUT2D eigenvalue weighted by molar-refractivity contribution is 5.98. The molecule has 4 aromatic heterocycles. The van der Waals surface area contributed by atoms with Crippen LogP contribution in [0.15, 0.2) is 47.8 Å². The molecule has 9 nitrogen and oxygen atoms in total. The molecule has 0 bridgehead atoms. The lowest BCUT2D eigenvalue weighted by atomic mass is 10.1. The Kier molecular flexibility index (Phi) is 4.51. The van der Waals surface area contributed by atoms with Gasteiger partial charge in [-0.25, -0.2) is 15.0 Å². The number of carbonyl (C=O) groups excluding carboxylic acids is 1. The Labute approximate surface area is 171 Å². The molecule has 4 aromatic rings. The molecule has 0 saturated carbocycles. The summed E-state index contributed by atoms with van der Waals surface area (Å²) in [6.45, 7) is 1.82. The van der Waals surface area contributed by atoms with Gasteiger partial charge in [0, 0.05) is 51.1 Å². The summed E-state index contributed by atoms with van der Waals surface area (Å²) in [5, 5.41) is 0.416. The van der Waals surface area contributed by atoms with Gasteiger partial charge in [-0.3, -0.25) is 14.0 Å². The van der Waals surface area contributed by atoms with Gasteiger partial charge < -0.3 is 14.2 Å². The van der Waals surface area contributed by atoms with E-state index in [9.17, 15) is 9.59 Å². The molecule has 30 heavy (non-hydrogen) atoms. The quantitative estimate of drug-likeness (QED) is 0.509. The van der Waals surface area contributed by atoms with Crippen LogP contribution in [0.5, 0.6) is 0 Å². The molecule has 0 aliphatic carbocycles. The fraction of sp³-hybridized carbons (Fsp3) is 0.286. The number of hydrogen-bond acceptors (Lipinski definition) is 6. The molecular formula is C21H20N6O3. The van der Waals surface area contributed by atoms with E-state index in [1.807, 2.05) is 6.07 Å². The van der Waals surface area contributed by atoms with Crippen LogP contribution in [0, 0.1) is 0 Å². The lowest BCUT2D eigenvalue weighted by Crippen LogP contribution is -2.37. The van der Waals surface area contributed by atoms with Crippen LogP contribution in [0.1, 0.15) is 21.7 Å². The molecule has 1 aliphatic rings. The van der Waals surface area contributed by atoms with E-state index in [-0.39, 0.29) is 11.5 Å². The van der Waals surface area contributed by atoms with E-state index in [2.05, 4.69) is 15.0 Å². The number of hydrogen-bond donors (Lipinski definition) is 0. The lowest BCUT2D eigenvalue weighted by Gasteiger charge is -2.28. The minimum atomic E-state index is -0.196. The van der Waals surface area contributed by atoms with Crippen molar-refractivity contribution in [2.45, 2.75) is 19.5 Å². The van der Waals surface area contributed by atoms with Crippen LogP contribution >= 0.6 is 0 Å². The molecule has 0 unspecified atom stereocenters. The van der Waals surface area contributed by atoms with Crippen molar-refractivity contribution in [3.8, 4) is 0 Å². The molecule has 0 spiro atoms. The molecule has 9 heteroatoms. The maximum Gasteiger partial charge on any atom is 0.270 e. The van der Waals surface area contributed by atoms with Crippen molar-refractivity contribution >= 4 is 22.6 Å². The number of ether oxygens (including phenoxy) is 1. The van der Waals surface area contributed by atoms with Gasteiger partial charge in [-0.1, -0.05) is 6.07 Å². The van der Waals surface area contributed by atoms with Crippen LogP contribution in [0.4, 0.5) is 0 Å². The number of nitrogens with zero attached hydrogens (tertiary/aromatic N) is 6. The summed E-state index contributed by atoms with van der Waals surface area (Å²) in [6.07, 6.45) is 5.64. The van der Waals surface area contributed by atoms with Crippen molar-refractivity contribution in [2.24, 2.45) is 0 Å². The van der Waals surface area contributed by atoms with Crippen molar-refractivity contribution < 1.29 is 9.53 Å². The standard InChI is InChI=1S/C21H20N6O3/c1-30-9-8-26-17(21(29)25-7-5-16-14(12-25)11-22-13-23-16)10-15-19(26)24-18-4-2-3-6-27(18)20(15)28/h2-4,6,10-11,13H,5,7-9,12H2,1H3. The van der Waals surface area contributed by atoms with Crippen molar-refractivity contribution in [3.63, 3.8) is 0 Å². The summed E-state index contributed by atoms with van der Waals surface area (Å²) in [7, 11) is 1.60. The van der Waals surface area contributed by atoms with Crippen LogP contribution in [-0.2, 0) is 24.2 Å². The number of amides is 1. The molecule has 0 saturated heterocycles. The van der Waals surface area contributed by atoms with Crippen LogP contribution in [-0.4, -0.2) is 55.0 Å². The fourth-order valence-corrected chi connectivity index (χ4v) is 3.94. The topological polar surface area (TPSA) is 94.6 Å². The molecule has 1 aliphatic heterocycles. The van der Waals surface area contributed by atoms with Gasteiger partial charge in [-0.2, -0.15) is 0 Å². The van der Waals surface area contributed by atoms with Crippen molar-refractivity contribution in [1.82, 2.24) is 28.8 Å². The number of methoxy groups -OCH3 is 1. The maximum absolute atomic E-state index is 13.5. The minimum absolute atomic E-state index is 0.146. The Morgan fingerprint density at radius 3 is 3.07 bits per heavy atom. The molecule has 0 aromatic carbocycles. The number of aromatic nitrogens is 5. The van der Waals surface area contributed by atoms with Crippen molar-refractivity contribution in [2.75, 3.05) is 20.3 Å². The summed E-state index contributed by atoms with van der Waals surface area (Å²) < 4.78 is 8.51. The maximum atomic E-state index is 13.5. The van der Waals surface area contributed by atoms with Crippen LogP contribution < -0.4 is 5.56 Å². The monoisotopic (exact) mass is 404 g/mol. The first-order valence-corrected chi connectivity index (χ1v) is 9.74. The van der Waals surface area contributed by atoms with Gasteiger partial charge in [0.25, 0.3) is 11.5 Å². The van der Waals surface area contributed by atoms with Gasteiger partial charge >= 0.3 is 0 Å². The van der Waals surface area contributed by atoms with Crippen LogP contribution in [0.2, 0.25) is 0 Å². The molecule has 0 radical (unpaired) electrons. The van der Waals surface area contributed by atoms with E-state index < -0.39 is 0 Å². The molecule has 0 N–H and O–H groups in total. The van der Waals surface area contributed by atoms with E-state index in [4.69, 9.17) is 4.74 Å². The minimum Gasteiger partial charge on any atom is -0.383 e. The Bertz CT molecular complexity index is 1330. The van der Waals surface area contributed by atoms with Crippen molar-refractivity contribution in [1.29, 1.82) is 0 Å². The highest BCUT2D eigenvalue weighted by Crippen LogP contribution is 2.22. The number of fused-ring (bicyclic) bond motifs is 3. The lowest BCUT2D eigenvalue weighted by molar-refractivity contribution is 0.0720. The zero-order valence-electron chi connectivity index (χ0n) is 16.5. The first kappa shape index (κ1) is 18.4. The molecular weight excluding hydrogens is 384 g/mol. The predicted octanol–water partition coefficient (Wildman–Crippen LogP) is 1.28. The second-order valence-electron chi connectivity index (χ2n) is 7.23. The largest absolute Gasteiger partial charge is 0.383 e. The van der Waals surface area contributed by atoms with Gasteiger partial charge in [0.2, 0.25) is 0 Å². The first-order chi connectivity index (χ1) is 14.7. The summed E-state index contributed by atoms with van der Waals surface area (Å²) in [6, 6.07) is 7.04. The highest BCUT2D eigenvalue weighted by Gasteiger charge is 2.27. The van der Waals surface area contributed by atoms with E-state index in [1.165, 1.54) is 10.7 Å². The zero-order chi connectivity index (χ0) is 20.7. The van der Waals surface area contributed by atoms with Crippen molar-refractivity contribution in [3.05, 3.63) is 70.3 Å². The van der Waals surface area contributed by atoms with Gasteiger partial charge in [0.1, 0.15) is 23.3 Å². The Morgan fingerprint density at radius 1 is 1.30 bits per heavy atom. The highest BCUT2D eigenvalue weighted by atomic mass is 16.5. The number of carbonyl (C=O) groups is 1. The third-order valence-electron chi connectivity index (χ3n) is 5.46. The van der Waals surface area contributed by atoms with Gasteiger partial charge in [-0.05, 0) is 18.2 Å². The molecule has 0 fully saturated rings. The average molecular weight is 404 g/mol. The summed E-state index contributed by atoms with van der Waals surface area (Å²) in [5.74, 6) is -0.146. The Hall–Kier alpha value is -3.59. The third-order valence-corrected chi connectivity index (χ3v) is 5.46. The SMILES string of the molecule is COCCn1c(C(=O)N2CCc3ncncc3C2)cc2c(=O)n3ccccc3nc21. The van der Waals surface area contributed by atoms with E-state index in [0.717, 1.165) is 11.3 Å². The Balaban J connectivity index is 1.62. The van der Waals surface area contributed by atoms with Gasteiger partial charge in [-0.15, -0.1) is 0 Å². The summed E-state index contributed by atoms with van der Waals surface area (Å²) in [4.78, 5) is 41.3. The fourth-order valence-electron chi connectivity index (χ4n) is 3.94. The molecule has 1 amide bonds. The summed E-state index contributed by atoms with van der Waals surface area (Å²) in [5.41, 5.74) is 3.18. The number of rotatable bonds is 4. The van der Waals surface area contributed by atoms with Crippen LogP contribution in [0.25, 0.3) is 16.7 Å². The molecule has 5 rings (SSSR count). The second kappa shape index (κ2) is 7.34. The molecule has 0 atom stereocenters. The third kappa shape index (κ3) is 2.94. The Morgan fingerprint density at radius 2 is 2.20 bits per heavy atom. The molecule has 152 valence electrons. The summed E-state index contributed by atoms with van der Waals surface area (Å²) >= 11 is 0. The van der Waals surface area contributed by atoms with Crippen LogP contribution in [0.3, 0.4) is 0 Å². The average Bonchev–Trinajstić information content (AvgIpc) is 3.15. The predicted molar refractivity (Wildman–Crippen MR) is 109 cm³/mol. The first-order valence-electron chi connectivity index (χ1n) is 9.74. The van der Waals surface area contributed by atoms with Gasteiger partial charge in [0.05, 0.1) is 17.7 Å². The molecule has 5 heterocycles. The van der Waals surface area contributed by atoms with E-state index in [1.54, 1.807) is 47.2 Å². The van der Waals surface area contributed by atoms with Gasteiger partial charge in [0.15, 0.2) is 0 Å². The van der Waals surface area contributed by atoms with E-state index in [0.29, 0.717) is 55.0 Å².